The summed E-state index contributed by atoms with van der Waals surface area (Å²) in [6.07, 6.45) is 3.67. The Bertz CT molecular complexity index is 571. The number of amides is 1. The van der Waals surface area contributed by atoms with Gasteiger partial charge in [-0.2, -0.15) is 5.26 Å². The van der Waals surface area contributed by atoms with Gasteiger partial charge in [-0.05, 0) is 49.8 Å². The van der Waals surface area contributed by atoms with Crippen molar-refractivity contribution in [3.63, 3.8) is 0 Å². The van der Waals surface area contributed by atoms with E-state index in [2.05, 4.69) is 34.2 Å². The number of hydrogen-bond donors (Lipinski definition) is 2. The quantitative estimate of drug-likeness (QED) is 0.877. The number of nitrogens with two attached hydrogens (primary N) is 1. The van der Waals surface area contributed by atoms with Crippen molar-refractivity contribution >= 4 is 27.5 Å². The highest BCUT2D eigenvalue weighted by molar-refractivity contribution is 9.10. The lowest BCUT2D eigenvalue weighted by Gasteiger charge is -2.37. The molecule has 1 saturated carbocycles. The molecule has 2 rings (SSSR count). The Kier molecular flexibility index (Phi) is 5.02. The molecule has 1 aliphatic carbocycles. The second kappa shape index (κ2) is 6.59. The first-order valence-corrected chi connectivity index (χ1v) is 8.01. The van der Waals surface area contributed by atoms with Gasteiger partial charge in [0.25, 0.3) is 0 Å². The van der Waals surface area contributed by atoms with Crippen LogP contribution in [0.2, 0.25) is 0 Å². The lowest BCUT2D eigenvalue weighted by molar-refractivity contribution is -0.127. The largest absolute Gasteiger partial charge is 0.329 e. The Hall–Kier alpha value is -1.38. The molecular formula is C16H20BrN3O. The van der Waals surface area contributed by atoms with Crippen molar-refractivity contribution in [1.29, 1.82) is 5.26 Å². The van der Waals surface area contributed by atoms with Crippen LogP contribution in [0, 0.1) is 22.7 Å². The number of rotatable bonds is 3. The number of nitrogens with one attached hydrogen (secondary N) is 1. The highest BCUT2D eigenvalue weighted by Gasteiger charge is 2.40. The van der Waals surface area contributed by atoms with Gasteiger partial charge in [0.05, 0.1) is 16.7 Å². The lowest BCUT2D eigenvalue weighted by Crippen LogP contribution is -2.44. The summed E-state index contributed by atoms with van der Waals surface area (Å²) in [4.78, 5) is 12.7. The molecule has 0 aromatic heterocycles. The third-order valence-corrected chi connectivity index (χ3v) is 4.95. The number of hydrogen-bond acceptors (Lipinski definition) is 3. The number of anilines is 1. The van der Waals surface area contributed by atoms with E-state index in [1.165, 1.54) is 0 Å². The number of carbonyl (C=O) groups excluding carboxylic acids is 1. The molecular weight excluding hydrogens is 330 g/mol. The summed E-state index contributed by atoms with van der Waals surface area (Å²) in [6.45, 7) is 2.56. The molecule has 112 valence electrons. The molecule has 0 radical (unpaired) electrons. The highest BCUT2D eigenvalue weighted by Crippen LogP contribution is 2.39. The number of halogens is 1. The Labute approximate surface area is 133 Å². The molecule has 21 heavy (non-hydrogen) atoms. The van der Waals surface area contributed by atoms with E-state index in [0.717, 1.165) is 30.2 Å². The number of nitrogens with zero attached hydrogens (tertiary/aromatic N) is 1. The van der Waals surface area contributed by atoms with Crippen molar-refractivity contribution in [2.75, 3.05) is 11.9 Å². The van der Waals surface area contributed by atoms with Gasteiger partial charge in [0, 0.05) is 11.0 Å². The molecule has 5 heteroatoms. The molecule has 1 amide bonds. The molecule has 1 aromatic rings. The monoisotopic (exact) mass is 349 g/mol. The van der Waals surface area contributed by atoms with E-state index in [1.807, 2.05) is 0 Å². The fourth-order valence-electron chi connectivity index (χ4n) is 2.81. The van der Waals surface area contributed by atoms with E-state index in [4.69, 9.17) is 11.0 Å². The molecule has 3 N–H and O–H groups in total. The Morgan fingerprint density at radius 1 is 1.52 bits per heavy atom. The molecule has 4 nitrogen and oxygen atoms in total. The van der Waals surface area contributed by atoms with E-state index in [1.54, 1.807) is 18.2 Å². The zero-order valence-corrected chi connectivity index (χ0v) is 13.7. The number of benzene rings is 1. The van der Waals surface area contributed by atoms with Gasteiger partial charge < -0.3 is 11.1 Å². The van der Waals surface area contributed by atoms with Gasteiger partial charge >= 0.3 is 0 Å². The molecule has 0 saturated heterocycles. The summed E-state index contributed by atoms with van der Waals surface area (Å²) in [7, 11) is 0. The topological polar surface area (TPSA) is 78.9 Å². The second-order valence-corrected chi connectivity index (χ2v) is 6.84. The third kappa shape index (κ3) is 3.45. The van der Waals surface area contributed by atoms with Crippen LogP contribution in [-0.2, 0) is 4.79 Å². The minimum Gasteiger partial charge on any atom is -0.329 e. The highest BCUT2D eigenvalue weighted by atomic mass is 79.9. The van der Waals surface area contributed by atoms with Crippen LogP contribution in [0.4, 0.5) is 5.69 Å². The molecule has 0 aliphatic heterocycles. The van der Waals surface area contributed by atoms with Gasteiger partial charge in [0.1, 0.15) is 6.07 Å². The van der Waals surface area contributed by atoms with E-state index in [-0.39, 0.29) is 5.91 Å². The van der Waals surface area contributed by atoms with Crippen LogP contribution in [0.15, 0.2) is 22.7 Å². The molecule has 1 fully saturated rings. The average molecular weight is 350 g/mol. The van der Waals surface area contributed by atoms with E-state index in [9.17, 15) is 4.79 Å². The van der Waals surface area contributed by atoms with E-state index in [0.29, 0.717) is 23.7 Å². The minimum absolute atomic E-state index is 0.0634. The smallest absolute Gasteiger partial charge is 0.231 e. The van der Waals surface area contributed by atoms with Crippen molar-refractivity contribution in [2.24, 2.45) is 17.1 Å². The van der Waals surface area contributed by atoms with Gasteiger partial charge in [-0.15, -0.1) is 0 Å². The first kappa shape index (κ1) is 16.0. The summed E-state index contributed by atoms with van der Waals surface area (Å²) < 4.78 is 0.830. The summed E-state index contributed by atoms with van der Waals surface area (Å²) >= 11 is 3.36. The fraction of sp³-hybridized carbons (Fsp3) is 0.500. The van der Waals surface area contributed by atoms with Gasteiger partial charge in [-0.25, -0.2) is 0 Å². The zero-order valence-electron chi connectivity index (χ0n) is 12.2. The van der Waals surface area contributed by atoms with Crippen LogP contribution in [0.5, 0.6) is 0 Å². The van der Waals surface area contributed by atoms with Crippen LogP contribution in [-0.4, -0.2) is 12.5 Å². The van der Waals surface area contributed by atoms with Gasteiger partial charge in [-0.1, -0.05) is 22.9 Å². The Morgan fingerprint density at radius 3 is 2.76 bits per heavy atom. The standard InChI is InChI=1S/C16H20BrN3O/c1-11-4-6-16(10-19,7-5-11)15(21)20-14-8-13(17)3-2-12(14)9-18/h2-3,8,11H,4-7,10,19H2,1H3,(H,20,21). The fourth-order valence-corrected chi connectivity index (χ4v) is 3.17. The molecule has 0 bridgehead atoms. The zero-order chi connectivity index (χ0) is 15.5. The van der Waals surface area contributed by atoms with Gasteiger partial charge in [0.2, 0.25) is 5.91 Å². The summed E-state index contributed by atoms with van der Waals surface area (Å²) in [5.74, 6) is 0.588. The van der Waals surface area contributed by atoms with Crippen molar-refractivity contribution in [1.82, 2.24) is 0 Å². The van der Waals surface area contributed by atoms with Crippen molar-refractivity contribution in [2.45, 2.75) is 32.6 Å². The predicted molar refractivity (Wildman–Crippen MR) is 86.6 cm³/mol. The Balaban J connectivity index is 2.21. The van der Waals surface area contributed by atoms with Crippen LogP contribution in [0.1, 0.15) is 38.2 Å². The maximum Gasteiger partial charge on any atom is 0.231 e. The SMILES string of the molecule is CC1CCC(CN)(C(=O)Nc2cc(Br)ccc2C#N)CC1. The normalized spacial score (nSPS) is 25.1. The molecule has 0 atom stereocenters. The number of carbonyl (C=O) groups is 1. The molecule has 0 unspecified atom stereocenters. The molecule has 0 spiro atoms. The third-order valence-electron chi connectivity index (χ3n) is 4.45. The first-order valence-electron chi connectivity index (χ1n) is 7.22. The average Bonchev–Trinajstić information content (AvgIpc) is 2.48. The van der Waals surface area contributed by atoms with Crippen LogP contribution < -0.4 is 11.1 Å². The van der Waals surface area contributed by atoms with Crippen LogP contribution >= 0.6 is 15.9 Å². The van der Waals surface area contributed by atoms with E-state index >= 15 is 0 Å². The molecule has 1 aromatic carbocycles. The summed E-state index contributed by atoms with van der Waals surface area (Å²) in [5.41, 5.74) is 6.41. The minimum atomic E-state index is -0.498. The maximum absolute atomic E-state index is 12.7. The predicted octanol–water partition coefficient (Wildman–Crippen LogP) is 3.41. The lowest BCUT2D eigenvalue weighted by atomic mass is 9.70. The van der Waals surface area contributed by atoms with Crippen molar-refractivity contribution in [3.8, 4) is 6.07 Å². The molecule has 0 heterocycles. The van der Waals surface area contributed by atoms with Crippen molar-refractivity contribution < 1.29 is 4.79 Å². The second-order valence-electron chi connectivity index (χ2n) is 5.92. The molecule has 1 aliphatic rings. The van der Waals surface area contributed by atoms with Crippen LogP contribution in [0.3, 0.4) is 0 Å². The van der Waals surface area contributed by atoms with E-state index < -0.39 is 5.41 Å². The van der Waals surface area contributed by atoms with Crippen LogP contribution in [0.25, 0.3) is 0 Å². The maximum atomic E-state index is 12.7. The van der Waals surface area contributed by atoms with Gasteiger partial charge in [0.15, 0.2) is 0 Å². The summed E-state index contributed by atoms with van der Waals surface area (Å²) in [6, 6.07) is 7.34. The first-order chi connectivity index (χ1) is 10.0. The van der Waals surface area contributed by atoms with Gasteiger partial charge in [-0.3, -0.25) is 4.79 Å². The Morgan fingerprint density at radius 2 is 2.19 bits per heavy atom. The number of nitriles is 1. The van der Waals surface area contributed by atoms with Crippen molar-refractivity contribution in [3.05, 3.63) is 28.2 Å². The summed E-state index contributed by atoms with van der Waals surface area (Å²) in [5, 5.41) is 12.1.